The van der Waals surface area contributed by atoms with Gasteiger partial charge in [0.05, 0.1) is 12.6 Å². The van der Waals surface area contributed by atoms with E-state index in [1.54, 1.807) is 7.11 Å². The molecule has 0 aliphatic carbocycles. The van der Waals surface area contributed by atoms with Gasteiger partial charge in [-0.2, -0.15) is 0 Å². The largest absolute Gasteiger partial charge is 0.384 e. The minimum absolute atomic E-state index is 0.115. The monoisotopic (exact) mass is 296 g/mol. The fourth-order valence-corrected chi connectivity index (χ4v) is 2.79. The van der Waals surface area contributed by atoms with Gasteiger partial charge in [0, 0.05) is 18.7 Å². The molecule has 5 heteroatoms. The summed E-state index contributed by atoms with van der Waals surface area (Å²) in [5.74, 6) is 0.413. The summed E-state index contributed by atoms with van der Waals surface area (Å²) in [7, 11) is 1.68. The van der Waals surface area contributed by atoms with Crippen LogP contribution in [0, 0.1) is 5.92 Å². The molecule has 0 saturated carbocycles. The summed E-state index contributed by atoms with van der Waals surface area (Å²) in [6, 6.07) is 7.46. The summed E-state index contributed by atoms with van der Waals surface area (Å²) in [6.07, 6.45) is -0.115. The maximum atomic E-state index is 12.3. The van der Waals surface area contributed by atoms with Gasteiger partial charge in [0.2, 0.25) is 5.91 Å². The highest BCUT2D eigenvalue weighted by Crippen LogP contribution is 2.27. The Morgan fingerprint density at radius 2 is 2.25 bits per heavy atom. The van der Waals surface area contributed by atoms with Crippen LogP contribution in [0.5, 0.6) is 0 Å². The number of hydrogen-bond donors (Lipinski definition) is 1. The third-order valence-corrected chi connectivity index (χ3v) is 3.73. The Bertz CT molecular complexity index is 481. The van der Waals surface area contributed by atoms with Crippen LogP contribution in [-0.4, -0.2) is 37.1 Å². The van der Waals surface area contributed by atoms with Gasteiger partial charge in [0.25, 0.3) is 0 Å². The van der Waals surface area contributed by atoms with Crippen LogP contribution in [0.2, 0.25) is 5.02 Å². The van der Waals surface area contributed by atoms with Crippen molar-refractivity contribution in [1.29, 1.82) is 0 Å². The highest BCUT2D eigenvalue weighted by molar-refractivity contribution is 6.30. The van der Waals surface area contributed by atoms with E-state index in [0.717, 1.165) is 5.56 Å². The van der Waals surface area contributed by atoms with Crippen LogP contribution in [-0.2, 0) is 9.53 Å². The second kappa shape index (κ2) is 6.57. The van der Waals surface area contributed by atoms with Crippen LogP contribution >= 0.6 is 11.6 Å². The third-order valence-electron chi connectivity index (χ3n) is 3.50. The highest BCUT2D eigenvalue weighted by atomic mass is 35.5. The molecule has 1 amide bonds. The van der Waals surface area contributed by atoms with E-state index >= 15 is 0 Å². The number of nitrogens with zero attached hydrogens (tertiary/aromatic N) is 1. The van der Waals surface area contributed by atoms with E-state index in [1.165, 1.54) is 0 Å². The molecule has 20 heavy (non-hydrogen) atoms. The van der Waals surface area contributed by atoms with Crippen molar-refractivity contribution in [2.24, 2.45) is 5.92 Å². The van der Waals surface area contributed by atoms with E-state index in [9.17, 15) is 4.79 Å². The zero-order chi connectivity index (χ0) is 14.7. The smallest absolute Gasteiger partial charge is 0.241 e. The van der Waals surface area contributed by atoms with Crippen molar-refractivity contribution < 1.29 is 9.53 Å². The van der Waals surface area contributed by atoms with Gasteiger partial charge in [-0.25, -0.2) is 0 Å². The number of carbonyl (C=O) groups excluding carboxylic acids is 1. The van der Waals surface area contributed by atoms with Gasteiger partial charge in [-0.1, -0.05) is 30.7 Å². The Balaban J connectivity index is 2.19. The molecule has 0 bridgehead atoms. The number of amides is 1. The van der Waals surface area contributed by atoms with Crippen LogP contribution in [0.1, 0.15) is 25.6 Å². The minimum atomic E-state index is -0.172. The minimum Gasteiger partial charge on any atom is -0.384 e. The predicted molar refractivity (Wildman–Crippen MR) is 79.5 cm³/mol. The lowest BCUT2D eigenvalue weighted by Crippen LogP contribution is -2.35. The number of rotatable bonds is 5. The Labute approximate surface area is 125 Å². The summed E-state index contributed by atoms with van der Waals surface area (Å²) >= 11 is 6.05. The molecule has 1 saturated heterocycles. The average Bonchev–Trinajstić information content (AvgIpc) is 2.67. The zero-order valence-corrected chi connectivity index (χ0v) is 12.9. The summed E-state index contributed by atoms with van der Waals surface area (Å²) in [6.45, 7) is 5.28. The lowest BCUT2D eigenvalue weighted by Gasteiger charge is -2.27. The number of halogens is 1. The van der Waals surface area contributed by atoms with E-state index in [4.69, 9.17) is 16.3 Å². The van der Waals surface area contributed by atoms with Gasteiger partial charge in [-0.15, -0.1) is 0 Å². The van der Waals surface area contributed by atoms with Gasteiger partial charge >= 0.3 is 0 Å². The zero-order valence-electron chi connectivity index (χ0n) is 12.1. The lowest BCUT2D eigenvalue weighted by molar-refractivity contribution is -0.130. The first-order valence-corrected chi connectivity index (χ1v) is 7.21. The Hall–Kier alpha value is -1.10. The summed E-state index contributed by atoms with van der Waals surface area (Å²) in [5, 5.41) is 4.00. The quantitative estimate of drug-likeness (QED) is 0.907. The van der Waals surface area contributed by atoms with Crippen LogP contribution in [0.3, 0.4) is 0 Å². The Morgan fingerprint density at radius 1 is 1.50 bits per heavy atom. The molecule has 3 unspecified atom stereocenters. The second-order valence-electron chi connectivity index (χ2n) is 5.40. The van der Waals surface area contributed by atoms with Crippen molar-refractivity contribution in [1.82, 2.24) is 10.2 Å². The molecule has 4 nitrogen and oxygen atoms in total. The fourth-order valence-electron chi connectivity index (χ4n) is 2.60. The van der Waals surface area contributed by atoms with Gasteiger partial charge in [0.15, 0.2) is 0 Å². The molecule has 0 radical (unpaired) electrons. The van der Waals surface area contributed by atoms with Crippen molar-refractivity contribution in [3.63, 3.8) is 0 Å². The normalized spacial score (nSPS) is 24.2. The molecule has 1 heterocycles. The average molecular weight is 297 g/mol. The summed E-state index contributed by atoms with van der Waals surface area (Å²) in [5.41, 5.74) is 1.01. The Kier molecular flexibility index (Phi) is 5.02. The van der Waals surface area contributed by atoms with Crippen molar-refractivity contribution in [3.8, 4) is 0 Å². The molecule has 1 aromatic carbocycles. The standard InChI is InChI=1S/C15H21ClN2O2/c1-10(9-20-3)8-18-14(17-11(2)15(18)19)12-5-4-6-13(16)7-12/h4-7,10-11,14,17H,8-9H2,1-3H3. The second-order valence-corrected chi connectivity index (χ2v) is 5.83. The molecule has 1 aromatic rings. The van der Waals surface area contributed by atoms with Crippen molar-refractivity contribution in [3.05, 3.63) is 34.9 Å². The molecule has 0 spiro atoms. The molecule has 0 aromatic heterocycles. The maximum Gasteiger partial charge on any atom is 0.241 e. The number of nitrogens with one attached hydrogen (secondary N) is 1. The molecule has 1 N–H and O–H groups in total. The van der Waals surface area contributed by atoms with Crippen LogP contribution in [0.25, 0.3) is 0 Å². The first-order valence-electron chi connectivity index (χ1n) is 6.84. The van der Waals surface area contributed by atoms with Crippen molar-refractivity contribution >= 4 is 17.5 Å². The van der Waals surface area contributed by atoms with Crippen LogP contribution in [0.15, 0.2) is 24.3 Å². The molecular weight excluding hydrogens is 276 g/mol. The van der Waals surface area contributed by atoms with Crippen molar-refractivity contribution in [2.75, 3.05) is 20.3 Å². The molecular formula is C15H21ClN2O2. The van der Waals surface area contributed by atoms with Crippen LogP contribution in [0.4, 0.5) is 0 Å². The van der Waals surface area contributed by atoms with E-state index in [0.29, 0.717) is 18.2 Å². The molecule has 3 atom stereocenters. The van der Waals surface area contributed by atoms with Gasteiger partial charge < -0.3 is 9.64 Å². The molecule has 2 rings (SSSR count). The van der Waals surface area contributed by atoms with E-state index in [2.05, 4.69) is 12.2 Å². The SMILES string of the molecule is COCC(C)CN1C(=O)C(C)NC1c1cccc(Cl)c1. The van der Waals surface area contributed by atoms with Gasteiger partial charge in [-0.3, -0.25) is 10.1 Å². The number of ether oxygens (including phenoxy) is 1. The maximum absolute atomic E-state index is 12.3. The van der Waals surface area contributed by atoms with Crippen LogP contribution < -0.4 is 5.32 Å². The topological polar surface area (TPSA) is 41.6 Å². The summed E-state index contributed by atoms with van der Waals surface area (Å²) < 4.78 is 5.16. The number of benzene rings is 1. The van der Waals surface area contributed by atoms with E-state index in [-0.39, 0.29) is 24.0 Å². The first-order chi connectivity index (χ1) is 9.52. The molecule has 1 aliphatic rings. The van der Waals surface area contributed by atoms with E-state index < -0.39 is 0 Å². The number of carbonyl (C=O) groups is 1. The number of methoxy groups -OCH3 is 1. The molecule has 1 aliphatic heterocycles. The summed E-state index contributed by atoms with van der Waals surface area (Å²) in [4.78, 5) is 14.2. The first kappa shape index (κ1) is 15.3. The fraction of sp³-hybridized carbons (Fsp3) is 0.533. The Morgan fingerprint density at radius 3 is 2.90 bits per heavy atom. The van der Waals surface area contributed by atoms with Gasteiger partial charge in [0.1, 0.15) is 6.17 Å². The lowest BCUT2D eigenvalue weighted by atomic mass is 10.1. The van der Waals surface area contributed by atoms with E-state index in [1.807, 2.05) is 36.1 Å². The highest BCUT2D eigenvalue weighted by Gasteiger charge is 2.37. The van der Waals surface area contributed by atoms with Crippen molar-refractivity contribution in [2.45, 2.75) is 26.1 Å². The molecule has 1 fully saturated rings. The third kappa shape index (κ3) is 3.32. The van der Waals surface area contributed by atoms with Gasteiger partial charge in [-0.05, 0) is 30.5 Å². The number of hydrogen-bond acceptors (Lipinski definition) is 3. The predicted octanol–water partition coefficient (Wildman–Crippen LogP) is 2.44. The molecule has 110 valence electrons.